The zero-order valence-electron chi connectivity index (χ0n) is 7.15. The van der Waals surface area contributed by atoms with Crippen LogP contribution >= 0.6 is 43.5 Å². The molecule has 1 aromatic carbocycles. The minimum Gasteiger partial charge on any atom is -0.0843 e. The first kappa shape index (κ1) is 10.0. The number of alkyl halides is 2. The van der Waals surface area contributed by atoms with Crippen molar-refractivity contribution >= 4 is 43.5 Å². The van der Waals surface area contributed by atoms with E-state index >= 15 is 0 Å². The van der Waals surface area contributed by atoms with Crippen molar-refractivity contribution in [1.82, 2.24) is 0 Å². The normalized spacial score (nSPS) is 30.2. The molecule has 1 fully saturated rings. The summed E-state index contributed by atoms with van der Waals surface area (Å²) in [5.74, 6) is 0. The van der Waals surface area contributed by atoms with Gasteiger partial charge in [0.05, 0.1) is 3.23 Å². The molecule has 1 aliphatic carbocycles. The van der Waals surface area contributed by atoms with Crippen LogP contribution in [0.15, 0.2) is 24.3 Å². The summed E-state index contributed by atoms with van der Waals surface area (Å²) in [6.45, 7) is 2.24. The van der Waals surface area contributed by atoms with E-state index in [1.165, 1.54) is 5.56 Å². The van der Waals surface area contributed by atoms with E-state index < -0.39 is 0 Å². The molecule has 0 radical (unpaired) electrons. The van der Waals surface area contributed by atoms with Gasteiger partial charge in [0.2, 0.25) is 0 Å². The van der Waals surface area contributed by atoms with Gasteiger partial charge in [-0.05, 0) is 24.1 Å². The molecular weight excluding hydrogens is 315 g/mol. The van der Waals surface area contributed by atoms with Gasteiger partial charge in [-0.25, -0.2) is 0 Å². The van der Waals surface area contributed by atoms with Crippen LogP contribution in [0.5, 0.6) is 0 Å². The van der Waals surface area contributed by atoms with Crippen LogP contribution in [0.1, 0.15) is 18.9 Å². The van der Waals surface area contributed by atoms with E-state index in [1.54, 1.807) is 0 Å². The molecule has 0 nitrogen and oxygen atoms in total. The molecule has 0 bridgehead atoms. The standard InChI is InChI=1S/C10H9Br2Cl/c1-9(6-10(9,11)12)7-2-4-8(13)5-3-7/h2-5H,6H2,1H3. The first-order valence-corrected chi connectivity index (χ1v) is 6.06. The fourth-order valence-corrected chi connectivity index (χ4v) is 3.24. The first-order valence-electron chi connectivity index (χ1n) is 4.10. The third kappa shape index (κ3) is 1.57. The van der Waals surface area contributed by atoms with Gasteiger partial charge in [-0.3, -0.25) is 0 Å². The first-order chi connectivity index (χ1) is 5.96. The molecular formula is C10H9Br2Cl. The van der Waals surface area contributed by atoms with Gasteiger partial charge in [-0.15, -0.1) is 0 Å². The highest BCUT2D eigenvalue weighted by atomic mass is 79.9. The number of hydrogen-bond donors (Lipinski definition) is 0. The molecule has 13 heavy (non-hydrogen) atoms. The highest BCUT2D eigenvalue weighted by molar-refractivity contribution is 9.25. The molecule has 1 atom stereocenters. The Morgan fingerprint density at radius 1 is 1.23 bits per heavy atom. The molecule has 0 aliphatic heterocycles. The van der Waals surface area contributed by atoms with Crippen LogP contribution in [0, 0.1) is 0 Å². The molecule has 2 rings (SSSR count). The Kier molecular flexibility index (Phi) is 2.29. The van der Waals surface area contributed by atoms with Crippen molar-refractivity contribution in [3.8, 4) is 0 Å². The molecule has 0 amide bonds. The fourth-order valence-electron chi connectivity index (χ4n) is 1.53. The van der Waals surface area contributed by atoms with Crippen molar-refractivity contribution in [2.24, 2.45) is 0 Å². The Bertz CT molecular complexity index is 331. The lowest BCUT2D eigenvalue weighted by atomic mass is 9.99. The summed E-state index contributed by atoms with van der Waals surface area (Å²) >= 11 is 13.1. The summed E-state index contributed by atoms with van der Waals surface area (Å²) in [7, 11) is 0. The summed E-state index contributed by atoms with van der Waals surface area (Å²) in [5, 5.41) is 0.794. The largest absolute Gasteiger partial charge is 0.0908 e. The summed E-state index contributed by atoms with van der Waals surface area (Å²) in [5.41, 5.74) is 1.53. The van der Waals surface area contributed by atoms with E-state index in [0.29, 0.717) is 0 Å². The molecule has 70 valence electrons. The van der Waals surface area contributed by atoms with Crippen LogP contribution in [-0.4, -0.2) is 3.23 Å². The average molecular weight is 324 g/mol. The van der Waals surface area contributed by atoms with Crippen molar-refractivity contribution < 1.29 is 0 Å². The molecule has 1 aromatic rings. The predicted octanol–water partition coefficient (Wildman–Crippen LogP) is 4.49. The second-order valence-corrected chi connectivity index (χ2v) is 7.93. The van der Waals surface area contributed by atoms with Gasteiger partial charge in [-0.1, -0.05) is 62.5 Å². The monoisotopic (exact) mass is 322 g/mol. The summed E-state index contributed by atoms with van der Waals surface area (Å²) in [6, 6.07) is 8.06. The highest BCUT2D eigenvalue weighted by Crippen LogP contribution is 2.66. The van der Waals surface area contributed by atoms with E-state index in [-0.39, 0.29) is 8.65 Å². The molecule has 0 spiro atoms. The highest BCUT2D eigenvalue weighted by Gasteiger charge is 2.62. The van der Waals surface area contributed by atoms with E-state index in [4.69, 9.17) is 11.6 Å². The van der Waals surface area contributed by atoms with E-state index in [9.17, 15) is 0 Å². The molecule has 1 saturated carbocycles. The lowest BCUT2D eigenvalue weighted by Gasteiger charge is -2.12. The lowest BCUT2D eigenvalue weighted by molar-refractivity contribution is 0.787. The van der Waals surface area contributed by atoms with Crippen LogP contribution in [0.3, 0.4) is 0 Å². The minimum atomic E-state index is 0.0842. The SMILES string of the molecule is CC1(c2ccc(Cl)cc2)CC1(Br)Br. The van der Waals surface area contributed by atoms with E-state index in [1.807, 2.05) is 12.1 Å². The third-order valence-corrected chi connectivity index (χ3v) is 5.30. The molecule has 0 N–H and O–H groups in total. The molecule has 3 heteroatoms. The van der Waals surface area contributed by atoms with Crippen LogP contribution in [-0.2, 0) is 5.41 Å². The number of benzene rings is 1. The Morgan fingerprint density at radius 2 is 1.69 bits per heavy atom. The Hall–Kier alpha value is 0.470. The maximum atomic E-state index is 5.83. The van der Waals surface area contributed by atoms with Crippen molar-refractivity contribution in [2.45, 2.75) is 22.0 Å². The summed E-state index contributed by atoms with van der Waals surface area (Å²) < 4.78 is 0.0842. The average Bonchev–Trinajstić information content (AvgIpc) is 2.53. The fraction of sp³-hybridized carbons (Fsp3) is 0.400. The Labute approximate surface area is 99.9 Å². The van der Waals surface area contributed by atoms with Crippen molar-refractivity contribution in [1.29, 1.82) is 0 Å². The predicted molar refractivity (Wildman–Crippen MR) is 64.0 cm³/mol. The van der Waals surface area contributed by atoms with Crippen LogP contribution in [0.2, 0.25) is 5.02 Å². The van der Waals surface area contributed by atoms with E-state index in [0.717, 1.165) is 11.4 Å². The van der Waals surface area contributed by atoms with Gasteiger partial charge in [0.1, 0.15) is 0 Å². The maximum Gasteiger partial charge on any atom is 0.0908 e. The third-order valence-electron chi connectivity index (χ3n) is 2.74. The van der Waals surface area contributed by atoms with Gasteiger partial charge < -0.3 is 0 Å². The zero-order valence-corrected chi connectivity index (χ0v) is 11.1. The van der Waals surface area contributed by atoms with Crippen LogP contribution in [0.25, 0.3) is 0 Å². The Morgan fingerprint density at radius 3 is 2.08 bits per heavy atom. The van der Waals surface area contributed by atoms with E-state index in [2.05, 4.69) is 50.9 Å². The van der Waals surface area contributed by atoms with Crippen LogP contribution in [0.4, 0.5) is 0 Å². The van der Waals surface area contributed by atoms with Crippen molar-refractivity contribution in [3.05, 3.63) is 34.9 Å². The maximum absolute atomic E-state index is 5.83. The molecule has 1 aliphatic rings. The zero-order chi connectivity index (χ0) is 9.69. The Balaban J connectivity index is 2.34. The second-order valence-electron chi connectivity index (χ2n) is 3.72. The molecule has 1 unspecified atom stereocenters. The smallest absolute Gasteiger partial charge is 0.0843 e. The van der Waals surface area contributed by atoms with Crippen molar-refractivity contribution in [2.75, 3.05) is 0 Å². The summed E-state index contributed by atoms with van der Waals surface area (Å²) in [6.07, 6.45) is 1.11. The van der Waals surface area contributed by atoms with Gasteiger partial charge in [0, 0.05) is 10.4 Å². The second kappa shape index (κ2) is 2.98. The summed E-state index contributed by atoms with van der Waals surface area (Å²) in [4.78, 5) is 0. The minimum absolute atomic E-state index is 0.0842. The number of hydrogen-bond acceptors (Lipinski definition) is 0. The quantitative estimate of drug-likeness (QED) is 0.668. The van der Waals surface area contributed by atoms with Gasteiger partial charge in [-0.2, -0.15) is 0 Å². The molecule has 0 saturated heterocycles. The van der Waals surface area contributed by atoms with Gasteiger partial charge >= 0.3 is 0 Å². The number of halogens is 3. The molecule has 0 heterocycles. The van der Waals surface area contributed by atoms with Crippen molar-refractivity contribution in [3.63, 3.8) is 0 Å². The van der Waals surface area contributed by atoms with Gasteiger partial charge in [0.25, 0.3) is 0 Å². The van der Waals surface area contributed by atoms with Gasteiger partial charge in [0.15, 0.2) is 0 Å². The van der Waals surface area contributed by atoms with Crippen LogP contribution < -0.4 is 0 Å². The lowest BCUT2D eigenvalue weighted by Crippen LogP contribution is -2.08. The molecule has 0 aromatic heterocycles. The topological polar surface area (TPSA) is 0 Å². The number of rotatable bonds is 1.